The second-order valence-corrected chi connectivity index (χ2v) is 3.85. The Morgan fingerprint density at radius 2 is 2.28 bits per heavy atom. The van der Waals surface area contributed by atoms with E-state index in [0.717, 1.165) is 5.69 Å². The molecule has 1 aromatic rings. The van der Waals surface area contributed by atoms with Gasteiger partial charge in [0.15, 0.2) is 0 Å². The van der Waals surface area contributed by atoms with Gasteiger partial charge in [0.05, 0.1) is 18.8 Å². The molecule has 1 heterocycles. The van der Waals surface area contributed by atoms with Crippen molar-refractivity contribution in [3.05, 3.63) is 24.3 Å². The monoisotopic (exact) mass is 251 g/mol. The predicted molar refractivity (Wildman–Crippen MR) is 66.8 cm³/mol. The predicted octanol–water partition coefficient (Wildman–Crippen LogP) is 1.44. The highest BCUT2D eigenvalue weighted by molar-refractivity contribution is 5.77. The summed E-state index contributed by atoms with van der Waals surface area (Å²) in [6, 6.07) is 7.51. The van der Waals surface area contributed by atoms with Crippen LogP contribution in [0.3, 0.4) is 0 Å². The van der Waals surface area contributed by atoms with E-state index in [2.05, 4.69) is 5.32 Å². The molecule has 0 aliphatic carbocycles. The van der Waals surface area contributed by atoms with Gasteiger partial charge in [-0.2, -0.15) is 0 Å². The number of ether oxygens (including phenoxy) is 3. The fourth-order valence-corrected chi connectivity index (χ4v) is 1.68. The Morgan fingerprint density at radius 3 is 3.11 bits per heavy atom. The molecule has 0 aromatic heterocycles. The zero-order valence-electron chi connectivity index (χ0n) is 10.3. The summed E-state index contributed by atoms with van der Waals surface area (Å²) in [6.07, 6.45) is -0.596. The van der Waals surface area contributed by atoms with Crippen molar-refractivity contribution in [3.8, 4) is 5.75 Å². The molecule has 1 atom stereocenters. The molecule has 5 nitrogen and oxygen atoms in total. The molecule has 1 aromatic carbocycles. The van der Waals surface area contributed by atoms with Crippen LogP contribution in [0.1, 0.15) is 6.92 Å². The van der Waals surface area contributed by atoms with Crippen LogP contribution in [0.15, 0.2) is 24.3 Å². The number of rotatable bonds is 5. The minimum absolute atomic E-state index is 0.258. The summed E-state index contributed by atoms with van der Waals surface area (Å²) in [5.74, 6) is 0.312. The Morgan fingerprint density at radius 1 is 1.44 bits per heavy atom. The Labute approximate surface area is 106 Å². The van der Waals surface area contributed by atoms with Gasteiger partial charge < -0.3 is 19.5 Å². The molecular weight excluding hydrogens is 234 g/mol. The standard InChI is InChI=1S/C13H17NO4/c1-2-16-7-8-17-13(15)12-9-14-10-5-3-4-6-11(10)18-12/h3-6,12,14H,2,7-9H2,1H3. The first kappa shape index (κ1) is 12.7. The van der Waals surface area contributed by atoms with E-state index in [1.54, 1.807) is 0 Å². The maximum absolute atomic E-state index is 11.7. The van der Waals surface area contributed by atoms with Crippen molar-refractivity contribution < 1.29 is 19.0 Å². The molecule has 1 aliphatic heterocycles. The number of benzene rings is 1. The van der Waals surface area contributed by atoms with Crippen molar-refractivity contribution in [2.75, 3.05) is 31.7 Å². The van der Waals surface area contributed by atoms with Gasteiger partial charge in [-0.15, -0.1) is 0 Å². The lowest BCUT2D eigenvalue weighted by atomic mass is 10.2. The topological polar surface area (TPSA) is 56.8 Å². The highest BCUT2D eigenvalue weighted by atomic mass is 16.6. The number of nitrogens with one attached hydrogen (secondary N) is 1. The van der Waals surface area contributed by atoms with Crippen LogP contribution in [0.5, 0.6) is 5.75 Å². The van der Waals surface area contributed by atoms with E-state index in [4.69, 9.17) is 14.2 Å². The van der Waals surface area contributed by atoms with Crippen molar-refractivity contribution in [2.24, 2.45) is 0 Å². The smallest absolute Gasteiger partial charge is 0.349 e. The Hall–Kier alpha value is -1.75. The van der Waals surface area contributed by atoms with Gasteiger partial charge in [0, 0.05) is 6.61 Å². The molecule has 2 rings (SSSR count). The van der Waals surface area contributed by atoms with Crippen LogP contribution in [-0.4, -0.2) is 38.4 Å². The minimum atomic E-state index is -0.596. The molecule has 18 heavy (non-hydrogen) atoms. The molecule has 0 saturated carbocycles. The second-order valence-electron chi connectivity index (χ2n) is 3.85. The molecule has 0 saturated heterocycles. The van der Waals surface area contributed by atoms with Crippen LogP contribution < -0.4 is 10.1 Å². The van der Waals surface area contributed by atoms with E-state index < -0.39 is 6.10 Å². The van der Waals surface area contributed by atoms with Crippen LogP contribution in [0.4, 0.5) is 5.69 Å². The lowest BCUT2D eigenvalue weighted by Gasteiger charge is -2.25. The van der Waals surface area contributed by atoms with E-state index in [-0.39, 0.29) is 12.6 Å². The molecule has 1 N–H and O–H groups in total. The average Bonchev–Trinajstić information content (AvgIpc) is 2.43. The average molecular weight is 251 g/mol. The second kappa shape index (κ2) is 6.26. The van der Waals surface area contributed by atoms with E-state index in [1.807, 2.05) is 31.2 Å². The zero-order valence-corrected chi connectivity index (χ0v) is 10.3. The minimum Gasteiger partial charge on any atom is -0.475 e. The fraction of sp³-hybridized carbons (Fsp3) is 0.462. The highest BCUT2D eigenvalue weighted by Crippen LogP contribution is 2.28. The van der Waals surface area contributed by atoms with E-state index in [1.165, 1.54) is 0 Å². The number of anilines is 1. The van der Waals surface area contributed by atoms with Gasteiger partial charge in [-0.1, -0.05) is 12.1 Å². The molecule has 0 spiro atoms. The maximum Gasteiger partial charge on any atom is 0.349 e. The third kappa shape index (κ3) is 3.13. The molecule has 0 amide bonds. The third-order valence-corrected chi connectivity index (χ3v) is 2.57. The molecule has 5 heteroatoms. The zero-order chi connectivity index (χ0) is 12.8. The Bertz CT molecular complexity index is 408. The molecular formula is C13H17NO4. The first-order chi connectivity index (χ1) is 8.81. The number of fused-ring (bicyclic) bond motifs is 1. The molecule has 0 fully saturated rings. The van der Waals surface area contributed by atoms with Crippen LogP contribution in [0.25, 0.3) is 0 Å². The van der Waals surface area contributed by atoms with Gasteiger partial charge in [-0.05, 0) is 19.1 Å². The number of carbonyl (C=O) groups excluding carboxylic acids is 1. The quantitative estimate of drug-likeness (QED) is 0.634. The van der Waals surface area contributed by atoms with Gasteiger partial charge in [-0.25, -0.2) is 4.79 Å². The van der Waals surface area contributed by atoms with E-state index >= 15 is 0 Å². The highest BCUT2D eigenvalue weighted by Gasteiger charge is 2.26. The van der Waals surface area contributed by atoms with Crippen molar-refractivity contribution in [3.63, 3.8) is 0 Å². The van der Waals surface area contributed by atoms with E-state index in [9.17, 15) is 4.79 Å². The summed E-state index contributed by atoms with van der Waals surface area (Å²) in [4.78, 5) is 11.7. The lowest BCUT2D eigenvalue weighted by Crippen LogP contribution is -2.39. The van der Waals surface area contributed by atoms with Crippen LogP contribution >= 0.6 is 0 Å². The van der Waals surface area contributed by atoms with Crippen molar-refractivity contribution in [1.82, 2.24) is 0 Å². The van der Waals surface area contributed by atoms with Crippen LogP contribution in [0.2, 0.25) is 0 Å². The maximum atomic E-state index is 11.7. The van der Waals surface area contributed by atoms with Crippen molar-refractivity contribution >= 4 is 11.7 Å². The first-order valence-electron chi connectivity index (χ1n) is 6.05. The fourth-order valence-electron chi connectivity index (χ4n) is 1.68. The van der Waals surface area contributed by atoms with Gasteiger partial charge in [0.2, 0.25) is 6.10 Å². The summed E-state index contributed by atoms with van der Waals surface area (Å²) in [5.41, 5.74) is 0.899. The number of carbonyl (C=O) groups is 1. The number of hydrogen-bond donors (Lipinski definition) is 1. The van der Waals surface area contributed by atoms with Crippen molar-refractivity contribution in [2.45, 2.75) is 13.0 Å². The largest absolute Gasteiger partial charge is 0.475 e. The normalized spacial score (nSPS) is 17.3. The molecule has 1 unspecified atom stereocenters. The Balaban J connectivity index is 1.83. The van der Waals surface area contributed by atoms with Gasteiger partial charge in [-0.3, -0.25) is 0 Å². The van der Waals surface area contributed by atoms with Gasteiger partial charge in [0.25, 0.3) is 0 Å². The number of para-hydroxylation sites is 2. The molecule has 0 radical (unpaired) electrons. The van der Waals surface area contributed by atoms with Crippen molar-refractivity contribution in [1.29, 1.82) is 0 Å². The summed E-state index contributed by atoms with van der Waals surface area (Å²) in [5, 5.41) is 3.14. The summed E-state index contributed by atoms with van der Waals surface area (Å²) in [6.45, 7) is 3.61. The SMILES string of the molecule is CCOCCOC(=O)C1CNc2ccccc2O1. The summed E-state index contributed by atoms with van der Waals surface area (Å²) >= 11 is 0. The van der Waals surface area contributed by atoms with Crippen LogP contribution in [-0.2, 0) is 14.3 Å². The van der Waals surface area contributed by atoms with Crippen LogP contribution in [0, 0.1) is 0 Å². The van der Waals surface area contributed by atoms with Gasteiger partial charge in [0.1, 0.15) is 12.4 Å². The Kier molecular flexibility index (Phi) is 4.41. The number of esters is 1. The summed E-state index contributed by atoms with van der Waals surface area (Å²) in [7, 11) is 0. The molecule has 1 aliphatic rings. The first-order valence-corrected chi connectivity index (χ1v) is 6.05. The third-order valence-electron chi connectivity index (χ3n) is 2.57. The van der Waals surface area contributed by atoms with E-state index in [0.29, 0.717) is 25.5 Å². The van der Waals surface area contributed by atoms with Gasteiger partial charge >= 0.3 is 5.97 Å². The lowest BCUT2D eigenvalue weighted by molar-refractivity contribution is -0.153. The number of hydrogen-bond acceptors (Lipinski definition) is 5. The molecule has 98 valence electrons. The summed E-state index contributed by atoms with van der Waals surface area (Å²) < 4.78 is 15.7. The molecule has 0 bridgehead atoms.